The van der Waals surface area contributed by atoms with E-state index < -0.39 is 0 Å². The number of rotatable bonds is 3. The zero-order chi connectivity index (χ0) is 13.9. The number of nitrogens with one attached hydrogen (secondary N) is 1. The highest BCUT2D eigenvalue weighted by molar-refractivity contribution is 5.92. The van der Waals surface area contributed by atoms with Crippen LogP contribution in [0, 0.1) is 6.92 Å². The lowest BCUT2D eigenvalue weighted by Gasteiger charge is -2.09. The van der Waals surface area contributed by atoms with Crippen molar-refractivity contribution in [2.45, 2.75) is 13.3 Å². The molecule has 0 aliphatic carbocycles. The molecule has 1 N–H and O–H groups in total. The zero-order valence-corrected chi connectivity index (χ0v) is 11.2. The molecule has 2 aromatic heterocycles. The quantitative estimate of drug-likeness (QED) is 0.791. The minimum atomic E-state index is -0.0273. The number of aromatic nitrogens is 2. The van der Waals surface area contributed by atoms with Gasteiger partial charge in [0.1, 0.15) is 5.65 Å². The van der Waals surface area contributed by atoms with Crippen molar-refractivity contribution in [2.75, 3.05) is 5.32 Å². The van der Waals surface area contributed by atoms with Crippen LogP contribution in [0.3, 0.4) is 0 Å². The minimum Gasteiger partial charge on any atom is -0.326 e. The van der Waals surface area contributed by atoms with E-state index in [1.807, 2.05) is 60.0 Å². The predicted octanol–water partition coefficient (Wildman–Crippen LogP) is 2.82. The van der Waals surface area contributed by atoms with E-state index in [9.17, 15) is 4.79 Å². The number of pyridine rings is 1. The number of fused-ring (bicyclic) bond motifs is 1. The highest BCUT2D eigenvalue weighted by Gasteiger charge is 2.08. The third-order valence-electron chi connectivity index (χ3n) is 3.27. The summed E-state index contributed by atoms with van der Waals surface area (Å²) in [5, 5.41) is 2.94. The van der Waals surface area contributed by atoms with Crippen LogP contribution in [0.15, 0.2) is 54.9 Å². The monoisotopic (exact) mass is 265 g/mol. The second-order valence-corrected chi connectivity index (χ2v) is 4.71. The van der Waals surface area contributed by atoms with Crippen LogP contribution in [0.5, 0.6) is 0 Å². The Morgan fingerprint density at radius 3 is 2.90 bits per heavy atom. The molecule has 0 saturated heterocycles. The topological polar surface area (TPSA) is 46.4 Å². The standard InChI is InChI=1S/C16H15N3O/c1-12-5-2-3-7-14(12)18-16(20)11-13-6-4-8-15-17-9-10-19(13)15/h2-10H,11H2,1H3,(H,18,20). The van der Waals surface area contributed by atoms with Gasteiger partial charge >= 0.3 is 0 Å². The van der Waals surface area contributed by atoms with Gasteiger partial charge < -0.3 is 9.72 Å². The Morgan fingerprint density at radius 1 is 1.20 bits per heavy atom. The Kier molecular flexibility index (Phi) is 3.21. The Balaban J connectivity index is 1.80. The number of benzene rings is 1. The van der Waals surface area contributed by atoms with E-state index in [-0.39, 0.29) is 5.91 Å². The van der Waals surface area contributed by atoms with E-state index in [1.165, 1.54) is 0 Å². The van der Waals surface area contributed by atoms with Gasteiger partial charge in [-0.15, -0.1) is 0 Å². The van der Waals surface area contributed by atoms with Crippen molar-refractivity contribution in [1.29, 1.82) is 0 Å². The number of carbonyl (C=O) groups excluding carboxylic acids is 1. The lowest BCUT2D eigenvalue weighted by molar-refractivity contribution is -0.115. The summed E-state index contributed by atoms with van der Waals surface area (Å²) >= 11 is 0. The van der Waals surface area contributed by atoms with Gasteiger partial charge in [-0.25, -0.2) is 4.98 Å². The highest BCUT2D eigenvalue weighted by Crippen LogP contribution is 2.14. The van der Waals surface area contributed by atoms with E-state index in [0.717, 1.165) is 22.6 Å². The first-order valence-corrected chi connectivity index (χ1v) is 6.50. The van der Waals surface area contributed by atoms with E-state index in [4.69, 9.17) is 0 Å². The van der Waals surface area contributed by atoms with Crippen molar-refractivity contribution >= 4 is 17.2 Å². The first-order chi connectivity index (χ1) is 9.74. The van der Waals surface area contributed by atoms with Crippen LogP contribution < -0.4 is 5.32 Å². The third-order valence-corrected chi connectivity index (χ3v) is 3.27. The van der Waals surface area contributed by atoms with Gasteiger partial charge in [-0.2, -0.15) is 0 Å². The fraction of sp³-hybridized carbons (Fsp3) is 0.125. The molecule has 0 spiro atoms. The molecule has 0 saturated carbocycles. The molecule has 0 aliphatic rings. The highest BCUT2D eigenvalue weighted by atomic mass is 16.1. The molecule has 0 aliphatic heterocycles. The van der Waals surface area contributed by atoms with Crippen molar-refractivity contribution in [1.82, 2.24) is 9.38 Å². The SMILES string of the molecule is Cc1ccccc1NC(=O)Cc1cccc2nccn12. The second-order valence-electron chi connectivity index (χ2n) is 4.71. The van der Waals surface area contributed by atoms with Gasteiger partial charge in [0.05, 0.1) is 6.42 Å². The first-order valence-electron chi connectivity index (χ1n) is 6.50. The smallest absolute Gasteiger partial charge is 0.230 e. The fourth-order valence-electron chi connectivity index (χ4n) is 2.22. The van der Waals surface area contributed by atoms with E-state index in [1.54, 1.807) is 6.20 Å². The number of amides is 1. The number of aryl methyl sites for hydroxylation is 1. The molecule has 0 bridgehead atoms. The van der Waals surface area contributed by atoms with Crippen LogP contribution in [0.4, 0.5) is 5.69 Å². The summed E-state index contributed by atoms with van der Waals surface area (Å²) in [6.07, 6.45) is 3.92. The van der Waals surface area contributed by atoms with E-state index in [0.29, 0.717) is 6.42 Å². The summed E-state index contributed by atoms with van der Waals surface area (Å²) in [6.45, 7) is 1.98. The van der Waals surface area contributed by atoms with Gasteiger partial charge in [-0.1, -0.05) is 24.3 Å². The average molecular weight is 265 g/mol. The second kappa shape index (κ2) is 5.17. The number of imidazole rings is 1. The minimum absolute atomic E-state index is 0.0273. The molecule has 1 amide bonds. The Hall–Kier alpha value is -2.62. The molecule has 0 radical (unpaired) electrons. The number of carbonyl (C=O) groups is 1. The van der Waals surface area contributed by atoms with E-state index in [2.05, 4.69) is 10.3 Å². The van der Waals surface area contributed by atoms with Gasteiger partial charge in [0.15, 0.2) is 0 Å². The lowest BCUT2D eigenvalue weighted by Crippen LogP contribution is -2.16. The normalized spacial score (nSPS) is 10.7. The van der Waals surface area contributed by atoms with Crippen molar-refractivity contribution in [3.8, 4) is 0 Å². The van der Waals surface area contributed by atoms with Crippen LogP contribution in [0.1, 0.15) is 11.3 Å². The molecule has 2 heterocycles. The van der Waals surface area contributed by atoms with Crippen LogP contribution in [-0.4, -0.2) is 15.3 Å². The lowest BCUT2D eigenvalue weighted by atomic mass is 10.2. The molecule has 4 nitrogen and oxygen atoms in total. The fourth-order valence-corrected chi connectivity index (χ4v) is 2.22. The average Bonchev–Trinajstić information content (AvgIpc) is 2.91. The summed E-state index contributed by atoms with van der Waals surface area (Å²) in [5.41, 5.74) is 3.69. The van der Waals surface area contributed by atoms with Gasteiger partial charge in [0.2, 0.25) is 5.91 Å². The van der Waals surface area contributed by atoms with Gasteiger partial charge in [-0.3, -0.25) is 4.79 Å². The molecule has 0 fully saturated rings. The molecule has 0 unspecified atom stereocenters. The van der Waals surface area contributed by atoms with E-state index >= 15 is 0 Å². The largest absolute Gasteiger partial charge is 0.326 e. The molecular formula is C16H15N3O. The van der Waals surface area contributed by atoms with Crippen molar-refractivity contribution in [2.24, 2.45) is 0 Å². The van der Waals surface area contributed by atoms with Crippen molar-refractivity contribution in [3.63, 3.8) is 0 Å². The summed E-state index contributed by atoms with van der Waals surface area (Å²) < 4.78 is 1.93. The predicted molar refractivity (Wildman–Crippen MR) is 78.7 cm³/mol. The third kappa shape index (κ3) is 2.40. The number of para-hydroxylation sites is 1. The maximum absolute atomic E-state index is 12.2. The Labute approximate surface area is 117 Å². The van der Waals surface area contributed by atoms with Gasteiger partial charge in [0, 0.05) is 23.8 Å². The molecule has 100 valence electrons. The first kappa shape index (κ1) is 12.4. The van der Waals surface area contributed by atoms with Crippen LogP contribution in [-0.2, 0) is 11.2 Å². The number of anilines is 1. The van der Waals surface area contributed by atoms with Gasteiger partial charge in [0.25, 0.3) is 0 Å². The molecule has 1 aromatic carbocycles. The van der Waals surface area contributed by atoms with Crippen LogP contribution in [0.2, 0.25) is 0 Å². The number of nitrogens with zero attached hydrogens (tertiary/aromatic N) is 2. The molecular weight excluding hydrogens is 250 g/mol. The van der Waals surface area contributed by atoms with Crippen LogP contribution >= 0.6 is 0 Å². The summed E-state index contributed by atoms with van der Waals surface area (Å²) in [5.74, 6) is -0.0273. The summed E-state index contributed by atoms with van der Waals surface area (Å²) in [4.78, 5) is 16.4. The summed E-state index contributed by atoms with van der Waals surface area (Å²) in [7, 11) is 0. The number of hydrogen-bond acceptors (Lipinski definition) is 2. The molecule has 0 atom stereocenters. The van der Waals surface area contributed by atoms with Crippen molar-refractivity contribution < 1.29 is 4.79 Å². The molecule has 4 heteroatoms. The molecule has 3 rings (SSSR count). The zero-order valence-electron chi connectivity index (χ0n) is 11.2. The van der Waals surface area contributed by atoms with Crippen LogP contribution in [0.25, 0.3) is 5.65 Å². The summed E-state index contributed by atoms with van der Waals surface area (Å²) in [6, 6.07) is 13.5. The van der Waals surface area contributed by atoms with Crippen molar-refractivity contribution in [3.05, 3.63) is 66.1 Å². The van der Waals surface area contributed by atoms with Gasteiger partial charge in [-0.05, 0) is 30.7 Å². The molecule has 20 heavy (non-hydrogen) atoms. The Morgan fingerprint density at radius 2 is 2.05 bits per heavy atom. The maximum atomic E-state index is 12.2. The Bertz CT molecular complexity index is 761. The maximum Gasteiger partial charge on any atom is 0.230 e. The molecule has 3 aromatic rings. The number of hydrogen-bond donors (Lipinski definition) is 1.